The van der Waals surface area contributed by atoms with Crippen LogP contribution in [-0.4, -0.2) is 33.5 Å². The molecule has 2 rings (SSSR count). The van der Waals surface area contributed by atoms with Crippen molar-refractivity contribution in [3.05, 3.63) is 0 Å². The highest BCUT2D eigenvalue weighted by Crippen LogP contribution is 2.59. The molecule has 1 saturated heterocycles. The van der Waals surface area contributed by atoms with Crippen LogP contribution in [0.4, 0.5) is 0 Å². The van der Waals surface area contributed by atoms with Crippen molar-refractivity contribution in [3.8, 4) is 0 Å². The van der Waals surface area contributed by atoms with Crippen LogP contribution in [0.1, 0.15) is 25.7 Å². The highest BCUT2D eigenvalue weighted by Gasteiger charge is 2.56. The Balaban J connectivity index is 1.93. The second kappa shape index (κ2) is 3.49. The van der Waals surface area contributed by atoms with E-state index in [1.54, 1.807) is 0 Å². The van der Waals surface area contributed by atoms with Crippen LogP contribution in [0.2, 0.25) is 0 Å². The predicted octanol–water partition coefficient (Wildman–Crippen LogP) is 0.811. The molecule has 0 aromatic heterocycles. The van der Waals surface area contributed by atoms with Crippen molar-refractivity contribution in [3.63, 3.8) is 0 Å². The monoisotopic (exact) mass is 217 g/mol. The van der Waals surface area contributed by atoms with Crippen LogP contribution in [0, 0.1) is 11.3 Å². The summed E-state index contributed by atoms with van der Waals surface area (Å²) in [7, 11) is -0.755. The maximum absolute atomic E-state index is 11.5. The van der Waals surface area contributed by atoms with Crippen LogP contribution in [0.25, 0.3) is 0 Å². The standard InChI is InChI=1S/C10H19NO2S/c1-11-5-3-9-7-10(9)4-2-6-14(12,13)8-10/h9,11H,2-8H2,1H3. The molecule has 0 aromatic rings. The van der Waals surface area contributed by atoms with Crippen LogP contribution in [0.5, 0.6) is 0 Å². The van der Waals surface area contributed by atoms with Gasteiger partial charge in [0.15, 0.2) is 9.84 Å². The van der Waals surface area contributed by atoms with Gasteiger partial charge < -0.3 is 5.32 Å². The van der Waals surface area contributed by atoms with Crippen LogP contribution in [-0.2, 0) is 9.84 Å². The van der Waals surface area contributed by atoms with Gasteiger partial charge in [-0.25, -0.2) is 8.42 Å². The van der Waals surface area contributed by atoms with Crippen molar-refractivity contribution in [1.29, 1.82) is 0 Å². The van der Waals surface area contributed by atoms with Gasteiger partial charge in [-0.2, -0.15) is 0 Å². The average Bonchev–Trinajstić information content (AvgIpc) is 2.72. The minimum atomic E-state index is -2.71. The summed E-state index contributed by atoms with van der Waals surface area (Å²) in [6, 6.07) is 0. The average molecular weight is 217 g/mol. The molecule has 0 aromatic carbocycles. The van der Waals surface area contributed by atoms with Gasteiger partial charge in [0.05, 0.1) is 11.5 Å². The highest BCUT2D eigenvalue weighted by atomic mass is 32.2. The zero-order valence-corrected chi connectivity index (χ0v) is 9.57. The topological polar surface area (TPSA) is 46.2 Å². The van der Waals surface area contributed by atoms with E-state index in [4.69, 9.17) is 0 Å². The summed E-state index contributed by atoms with van der Waals surface area (Å²) in [4.78, 5) is 0. The maximum Gasteiger partial charge on any atom is 0.150 e. The van der Waals surface area contributed by atoms with Gasteiger partial charge in [0, 0.05) is 0 Å². The second-order valence-corrected chi connectivity index (χ2v) is 7.04. The van der Waals surface area contributed by atoms with Gasteiger partial charge in [0.25, 0.3) is 0 Å². The third-order valence-electron chi connectivity index (χ3n) is 3.74. The van der Waals surface area contributed by atoms with E-state index in [9.17, 15) is 8.42 Å². The molecule has 1 saturated carbocycles. The number of hydrogen-bond acceptors (Lipinski definition) is 3. The van der Waals surface area contributed by atoms with Crippen molar-refractivity contribution < 1.29 is 8.42 Å². The largest absolute Gasteiger partial charge is 0.320 e. The van der Waals surface area contributed by atoms with Gasteiger partial charge in [0.2, 0.25) is 0 Å². The van der Waals surface area contributed by atoms with Gasteiger partial charge in [-0.1, -0.05) is 0 Å². The molecule has 4 heteroatoms. The number of rotatable bonds is 3. The number of sulfone groups is 1. The number of hydrogen-bond donors (Lipinski definition) is 1. The molecule has 2 fully saturated rings. The molecule has 2 aliphatic rings. The second-order valence-electron chi connectivity index (χ2n) is 4.85. The fourth-order valence-corrected chi connectivity index (χ4v) is 4.97. The summed E-state index contributed by atoms with van der Waals surface area (Å²) in [5.74, 6) is 1.56. The Labute approximate surface area is 86.2 Å². The Hall–Kier alpha value is -0.0900. The van der Waals surface area contributed by atoms with Crippen LogP contribution in [0.3, 0.4) is 0 Å². The minimum absolute atomic E-state index is 0.202. The van der Waals surface area contributed by atoms with Gasteiger partial charge >= 0.3 is 0 Å². The molecule has 3 nitrogen and oxygen atoms in total. The van der Waals surface area contributed by atoms with Crippen molar-refractivity contribution in [2.45, 2.75) is 25.7 Å². The lowest BCUT2D eigenvalue weighted by molar-refractivity contribution is 0.418. The lowest BCUT2D eigenvalue weighted by Gasteiger charge is -2.22. The molecule has 1 N–H and O–H groups in total. The summed E-state index contributed by atoms with van der Waals surface area (Å²) in [6.07, 6.45) is 4.32. The molecule has 2 atom stereocenters. The quantitative estimate of drug-likeness (QED) is 0.761. The van der Waals surface area contributed by atoms with Crippen molar-refractivity contribution in [2.75, 3.05) is 25.1 Å². The Bertz CT molecular complexity index is 312. The summed E-state index contributed by atoms with van der Waals surface area (Å²) in [6.45, 7) is 1.02. The summed E-state index contributed by atoms with van der Waals surface area (Å²) < 4.78 is 23.0. The van der Waals surface area contributed by atoms with Crippen LogP contribution in [0.15, 0.2) is 0 Å². The van der Waals surface area contributed by atoms with E-state index in [0.29, 0.717) is 17.4 Å². The third kappa shape index (κ3) is 1.96. The highest BCUT2D eigenvalue weighted by molar-refractivity contribution is 7.91. The Morgan fingerprint density at radius 1 is 1.50 bits per heavy atom. The van der Waals surface area contributed by atoms with Crippen molar-refractivity contribution in [2.24, 2.45) is 11.3 Å². The van der Waals surface area contributed by atoms with Gasteiger partial charge in [-0.3, -0.25) is 0 Å². The maximum atomic E-state index is 11.5. The van der Waals surface area contributed by atoms with Crippen molar-refractivity contribution >= 4 is 9.84 Å². The lowest BCUT2D eigenvalue weighted by Crippen LogP contribution is -2.28. The SMILES string of the molecule is CNCCC1CC12CCCS(=O)(=O)C2. The molecule has 82 valence electrons. The third-order valence-corrected chi connectivity index (χ3v) is 5.66. The molecular weight excluding hydrogens is 198 g/mol. The first-order valence-corrected chi connectivity index (χ1v) is 7.25. The summed E-state index contributed by atoms with van der Waals surface area (Å²) in [5, 5.41) is 3.13. The first-order chi connectivity index (χ1) is 6.58. The van der Waals surface area contributed by atoms with E-state index in [1.165, 1.54) is 0 Å². The zero-order chi connectivity index (χ0) is 10.2. The smallest absolute Gasteiger partial charge is 0.150 e. The van der Waals surface area contributed by atoms with E-state index in [0.717, 1.165) is 32.2 Å². The minimum Gasteiger partial charge on any atom is -0.320 e. The predicted molar refractivity (Wildman–Crippen MR) is 57.0 cm³/mol. The molecule has 1 aliphatic carbocycles. The molecule has 0 bridgehead atoms. The molecule has 1 heterocycles. The van der Waals surface area contributed by atoms with Gasteiger partial charge in [-0.15, -0.1) is 0 Å². The normalized spacial score (nSPS) is 39.9. The van der Waals surface area contributed by atoms with E-state index >= 15 is 0 Å². The van der Waals surface area contributed by atoms with Crippen LogP contribution < -0.4 is 5.32 Å². The van der Waals surface area contributed by atoms with Crippen LogP contribution >= 0.6 is 0 Å². The summed E-state index contributed by atoms with van der Waals surface area (Å²) >= 11 is 0. The first kappa shape index (κ1) is 10.4. The Morgan fingerprint density at radius 3 is 2.93 bits per heavy atom. The Kier molecular flexibility index (Phi) is 2.60. The van der Waals surface area contributed by atoms with E-state index < -0.39 is 9.84 Å². The van der Waals surface area contributed by atoms with Crippen molar-refractivity contribution in [1.82, 2.24) is 5.32 Å². The first-order valence-electron chi connectivity index (χ1n) is 5.43. The molecule has 1 spiro atoms. The number of nitrogens with one attached hydrogen (secondary N) is 1. The van der Waals surface area contributed by atoms with Gasteiger partial charge in [-0.05, 0) is 50.6 Å². The molecule has 0 radical (unpaired) electrons. The molecule has 2 unspecified atom stereocenters. The van der Waals surface area contributed by atoms with Gasteiger partial charge in [0.1, 0.15) is 0 Å². The molecular formula is C10H19NO2S. The zero-order valence-electron chi connectivity index (χ0n) is 8.75. The Morgan fingerprint density at radius 2 is 2.29 bits per heavy atom. The molecule has 0 amide bonds. The van der Waals surface area contributed by atoms with E-state index in [-0.39, 0.29) is 5.41 Å². The summed E-state index contributed by atoms with van der Waals surface area (Å²) in [5.41, 5.74) is 0.202. The molecule has 14 heavy (non-hydrogen) atoms. The fraction of sp³-hybridized carbons (Fsp3) is 1.00. The van der Waals surface area contributed by atoms with E-state index in [1.807, 2.05) is 7.05 Å². The lowest BCUT2D eigenvalue weighted by atomic mass is 9.98. The fourth-order valence-electron chi connectivity index (χ4n) is 2.87. The molecule has 1 aliphatic heterocycles. The van der Waals surface area contributed by atoms with E-state index in [2.05, 4.69) is 5.32 Å².